The Bertz CT molecular complexity index is 500. The van der Waals surface area contributed by atoms with E-state index in [1.807, 2.05) is 0 Å². The monoisotopic (exact) mass is 297 g/mol. The molecule has 1 aromatic rings. The molecule has 5 heteroatoms. The fraction of sp³-hybridized carbons (Fsp3) is 0.533. The molecule has 1 aliphatic carbocycles. The van der Waals surface area contributed by atoms with Gasteiger partial charge in [0, 0.05) is 22.6 Å². The lowest BCUT2D eigenvalue weighted by atomic mass is 10.2. The van der Waals surface area contributed by atoms with E-state index in [9.17, 15) is 13.4 Å². The van der Waals surface area contributed by atoms with E-state index in [0.717, 1.165) is 25.7 Å². The molecular weight excluding hydrogens is 277 g/mol. The summed E-state index contributed by atoms with van der Waals surface area (Å²) in [5, 5.41) is 2.38. The van der Waals surface area contributed by atoms with E-state index in [-0.39, 0.29) is 23.5 Å². The minimum absolute atomic E-state index is 0.161. The van der Waals surface area contributed by atoms with Crippen molar-refractivity contribution in [2.75, 3.05) is 0 Å². The van der Waals surface area contributed by atoms with Gasteiger partial charge in [0.1, 0.15) is 11.1 Å². The van der Waals surface area contributed by atoms with Crippen LogP contribution in [0, 0.1) is 5.82 Å². The fourth-order valence-electron chi connectivity index (χ4n) is 2.42. The molecule has 1 saturated carbocycles. The maximum absolute atomic E-state index is 13.1. The Morgan fingerprint density at radius 1 is 1.45 bits per heavy atom. The second kappa shape index (κ2) is 6.97. The first-order chi connectivity index (χ1) is 9.56. The zero-order chi connectivity index (χ0) is 14.5. The number of benzene rings is 1. The van der Waals surface area contributed by atoms with Gasteiger partial charge in [-0.2, -0.15) is 0 Å². The third kappa shape index (κ3) is 4.13. The Morgan fingerprint density at radius 2 is 2.15 bits per heavy atom. The number of halogens is 1. The Kier molecular flexibility index (Phi) is 5.29. The van der Waals surface area contributed by atoms with Crippen molar-refractivity contribution >= 4 is 16.7 Å². The number of hydrogen-bond donors (Lipinski definition) is 1. The third-order valence-corrected chi connectivity index (χ3v) is 5.28. The van der Waals surface area contributed by atoms with Crippen LogP contribution < -0.4 is 5.32 Å². The minimum atomic E-state index is -1.33. The van der Waals surface area contributed by atoms with E-state index in [1.165, 1.54) is 12.1 Å². The number of amides is 1. The Hall–Kier alpha value is -1.23. The summed E-state index contributed by atoms with van der Waals surface area (Å²) in [6.45, 7) is 1.67. The molecule has 2 rings (SSSR count). The fourth-order valence-corrected chi connectivity index (χ4v) is 3.49. The molecule has 1 aliphatic rings. The summed E-state index contributed by atoms with van der Waals surface area (Å²) in [6.07, 6.45) is 4.31. The summed E-state index contributed by atoms with van der Waals surface area (Å²) in [5.74, 6) is -0.300. The van der Waals surface area contributed by atoms with Crippen LogP contribution in [-0.4, -0.2) is 21.4 Å². The summed E-state index contributed by atoms with van der Waals surface area (Å²) in [6, 6.07) is 6.26. The highest BCUT2D eigenvalue weighted by Crippen LogP contribution is 2.18. The van der Waals surface area contributed by atoms with Crippen LogP contribution in [0.3, 0.4) is 0 Å². The van der Waals surface area contributed by atoms with Gasteiger partial charge in [0.2, 0.25) is 5.91 Å². The average molecular weight is 297 g/mol. The highest BCUT2D eigenvalue weighted by atomic mass is 32.2. The molecular formula is C15H20FNO2S. The predicted molar refractivity (Wildman–Crippen MR) is 78.1 cm³/mol. The summed E-state index contributed by atoms with van der Waals surface area (Å²) >= 11 is 0. The molecule has 110 valence electrons. The minimum Gasteiger partial charge on any atom is -0.352 e. The van der Waals surface area contributed by atoms with E-state index in [0.29, 0.717) is 5.56 Å². The van der Waals surface area contributed by atoms with Gasteiger partial charge >= 0.3 is 0 Å². The highest BCUT2D eigenvalue weighted by molar-refractivity contribution is 7.85. The number of carbonyl (C=O) groups excluding carboxylic acids is 1. The zero-order valence-corrected chi connectivity index (χ0v) is 12.4. The van der Waals surface area contributed by atoms with Crippen molar-refractivity contribution in [1.82, 2.24) is 5.32 Å². The second-order valence-corrected chi connectivity index (χ2v) is 7.04. The first kappa shape index (κ1) is 15.2. The number of carbonyl (C=O) groups is 1. The van der Waals surface area contributed by atoms with Crippen LogP contribution in [0.4, 0.5) is 4.39 Å². The van der Waals surface area contributed by atoms with Crippen molar-refractivity contribution < 1.29 is 13.4 Å². The molecule has 1 N–H and O–H groups in total. The van der Waals surface area contributed by atoms with Crippen molar-refractivity contribution in [2.24, 2.45) is 0 Å². The lowest BCUT2D eigenvalue weighted by Crippen LogP contribution is -2.40. The van der Waals surface area contributed by atoms with E-state index in [1.54, 1.807) is 19.1 Å². The van der Waals surface area contributed by atoms with Crippen LogP contribution in [0.25, 0.3) is 0 Å². The van der Waals surface area contributed by atoms with Gasteiger partial charge in [0.15, 0.2) is 0 Å². The quantitative estimate of drug-likeness (QED) is 0.908. The predicted octanol–water partition coefficient (Wildman–Crippen LogP) is 2.52. The van der Waals surface area contributed by atoms with E-state index < -0.39 is 16.0 Å². The molecule has 0 heterocycles. The molecule has 0 radical (unpaired) electrons. The van der Waals surface area contributed by atoms with Crippen molar-refractivity contribution in [2.45, 2.75) is 49.7 Å². The van der Waals surface area contributed by atoms with Gasteiger partial charge in [0.25, 0.3) is 0 Å². The normalized spacial score (nSPS) is 18.7. The van der Waals surface area contributed by atoms with Crippen molar-refractivity contribution in [3.63, 3.8) is 0 Å². The summed E-state index contributed by atoms with van der Waals surface area (Å²) < 4.78 is 25.2. The SMILES string of the molecule is CC(C(=O)NC1CCCC1)S(=O)Cc1cccc(F)c1. The molecule has 0 aliphatic heterocycles. The maximum atomic E-state index is 13.1. The summed E-state index contributed by atoms with van der Waals surface area (Å²) in [7, 11) is -1.33. The molecule has 3 nitrogen and oxygen atoms in total. The van der Waals surface area contributed by atoms with Crippen molar-refractivity contribution in [3.8, 4) is 0 Å². The lowest BCUT2D eigenvalue weighted by Gasteiger charge is -2.16. The molecule has 20 heavy (non-hydrogen) atoms. The van der Waals surface area contributed by atoms with Crippen molar-refractivity contribution in [1.29, 1.82) is 0 Å². The first-order valence-electron chi connectivity index (χ1n) is 6.98. The largest absolute Gasteiger partial charge is 0.352 e. The molecule has 1 amide bonds. The van der Waals surface area contributed by atoms with Gasteiger partial charge in [0.05, 0.1) is 0 Å². The zero-order valence-electron chi connectivity index (χ0n) is 11.6. The molecule has 0 saturated heterocycles. The molecule has 0 spiro atoms. The lowest BCUT2D eigenvalue weighted by molar-refractivity contribution is -0.121. The molecule has 1 fully saturated rings. The average Bonchev–Trinajstić information content (AvgIpc) is 2.90. The number of rotatable bonds is 5. The van der Waals surface area contributed by atoms with Crippen LogP contribution in [0.1, 0.15) is 38.2 Å². The number of nitrogens with one attached hydrogen (secondary N) is 1. The van der Waals surface area contributed by atoms with E-state index in [2.05, 4.69) is 5.32 Å². The standard InChI is InChI=1S/C15H20FNO2S/c1-11(15(18)17-14-7-2-3-8-14)20(19)10-12-5-4-6-13(16)9-12/h4-6,9,11,14H,2-3,7-8,10H2,1H3,(H,17,18). The third-order valence-electron chi connectivity index (χ3n) is 3.66. The molecule has 2 unspecified atom stereocenters. The Labute approximate surface area is 121 Å². The van der Waals surface area contributed by atoms with Gasteiger partial charge in [-0.1, -0.05) is 25.0 Å². The van der Waals surface area contributed by atoms with Gasteiger partial charge in [-0.15, -0.1) is 0 Å². The van der Waals surface area contributed by atoms with Gasteiger partial charge in [-0.05, 0) is 37.5 Å². The Morgan fingerprint density at radius 3 is 2.80 bits per heavy atom. The van der Waals surface area contributed by atoms with E-state index in [4.69, 9.17) is 0 Å². The molecule has 2 atom stereocenters. The molecule has 1 aromatic carbocycles. The van der Waals surface area contributed by atoms with Crippen LogP contribution in [-0.2, 0) is 21.3 Å². The molecule has 0 bridgehead atoms. The Balaban J connectivity index is 1.89. The smallest absolute Gasteiger partial charge is 0.235 e. The maximum Gasteiger partial charge on any atom is 0.235 e. The summed E-state index contributed by atoms with van der Waals surface area (Å²) in [4.78, 5) is 12.0. The van der Waals surface area contributed by atoms with Crippen LogP contribution in [0.15, 0.2) is 24.3 Å². The number of hydrogen-bond acceptors (Lipinski definition) is 2. The van der Waals surface area contributed by atoms with Crippen molar-refractivity contribution in [3.05, 3.63) is 35.6 Å². The topological polar surface area (TPSA) is 46.2 Å². The van der Waals surface area contributed by atoms with Crippen LogP contribution >= 0.6 is 0 Å². The van der Waals surface area contributed by atoms with E-state index >= 15 is 0 Å². The van der Waals surface area contributed by atoms with Gasteiger partial charge in [-0.25, -0.2) is 4.39 Å². The second-order valence-electron chi connectivity index (χ2n) is 5.29. The highest BCUT2D eigenvalue weighted by Gasteiger charge is 2.24. The molecule has 0 aromatic heterocycles. The summed E-state index contributed by atoms with van der Waals surface area (Å²) in [5.41, 5.74) is 0.656. The van der Waals surface area contributed by atoms with Crippen LogP contribution in [0.2, 0.25) is 0 Å². The van der Waals surface area contributed by atoms with Gasteiger partial charge in [-0.3, -0.25) is 9.00 Å². The first-order valence-corrected chi connectivity index (χ1v) is 8.36. The van der Waals surface area contributed by atoms with Gasteiger partial charge < -0.3 is 5.32 Å². The van der Waals surface area contributed by atoms with Crippen LogP contribution in [0.5, 0.6) is 0 Å².